The molecule has 0 saturated heterocycles. The summed E-state index contributed by atoms with van der Waals surface area (Å²) in [4.78, 5) is 21.5. The van der Waals surface area contributed by atoms with Crippen molar-refractivity contribution in [2.45, 2.75) is 19.8 Å². The molecule has 170 valence electrons. The van der Waals surface area contributed by atoms with E-state index in [-0.39, 0.29) is 5.69 Å². The Hall–Kier alpha value is -4.32. The minimum Gasteiger partial charge on any atom is -0.300 e. The number of imidazole rings is 1. The van der Waals surface area contributed by atoms with Gasteiger partial charge in [-0.3, -0.25) is 4.57 Å². The topological polar surface area (TPSA) is 57.0 Å². The summed E-state index contributed by atoms with van der Waals surface area (Å²) in [6.07, 6.45) is 5.29. The summed E-state index contributed by atoms with van der Waals surface area (Å²) in [6.45, 7) is 4.48. The molecule has 0 saturated carbocycles. The molecule has 2 heterocycles. The van der Waals surface area contributed by atoms with Gasteiger partial charge >= 0.3 is 5.97 Å². The number of benzene rings is 3. The van der Waals surface area contributed by atoms with Crippen molar-refractivity contribution < 1.29 is 14.3 Å². The van der Waals surface area contributed by atoms with Gasteiger partial charge in [-0.15, -0.1) is 0 Å². The Balaban J connectivity index is 0.000000231. The van der Waals surface area contributed by atoms with Crippen LogP contribution in [-0.2, 0) is 4.94 Å². The summed E-state index contributed by atoms with van der Waals surface area (Å²) in [7, 11) is 0. The normalized spacial score (nSPS) is 10.6. The maximum absolute atomic E-state index is 11.2. The number of rotatable bonds is 4. The predicted octanol–water partition coefficient (Wildman–Crippen LogP) is 6.94. The third kappa shape index (κ3) is 5.02. The van der Waals surface area contributed by atoms with Crippen LogP contribution in [0, 0.1) is 0 Å². The van der Waals surface area contributed by atoms with Gasteiger partial charge < -0.3 is 0 Å². The Labute approximate surface area is 197 Å². The number of fused-ring (bicyclic) bond motifs is 1. The predicted molar refractivity (Wildman–Crippen MR) is 131 cm³/mol. The second kappa shape index (κ2) is 10.5. The van der Waals surface area contributed by atoms with Crippen molar-refractivity contribution in [1.29, 1.82) is 0 Å². The Bertz CT molecular complexity index is 1380. The van der Waals surface area contributed by atoms with Crippen molar-refractivity contribution in [1.82, 2.24) is 14.5 Å². The molecule has 0 unspecified atom stereocenters. The highest BCUT2D eigenvalue weighted by Crippen LogP contribution is 2.33. The number of pyridine rings is 1. The molecule has 6 heteroatoms. The molecule has 2 aromatic heterocycles. The van der Waals surface area contributed by atoms with Gasteiger partial charge in [-0.2, -0.15) is 0 Å². The first kappa shape index (κ1) is 22.9. The monoisotopic (exact) mass is 453 g/mol. The molecule has 34 heavy (non-hydrogen) atoms. The van der Waals surface area contributed by atoms with E-state index in [4.69, 9.17) is 0 Å². The molecule has 0 N–H and O–H groups in total. The van der Waals surface area contributed by atoms with Gasteiger partial charge in [-0.25, -0.2) is 19.7 Å². The zero-order valence-corrected chi connectivity index (χ0v) is 18.9. The van der Waals surface area contributed by atoms with E-state index < -0.39 is 5.97 Å². The van der Waals surface area contributed by atoms with Gasteiger partial charge in [0.2, 0.25) is 0 Å². The highest BCUT2D eigenvalue weighted by atomic mass is 19.3. The van der Waals surface area contributed by atoms with Crippen LogP contribution < -0.4 is 0 Å². The molecule has 0 bridgehead atoms. The highest BCUT2D eigenvalue weighted by molar-refractivity contribution is 5.88. The van der Waals surface area contributed by atoms with Gasteiger partial charge in [0.05, 0.1) is 0 Å². The fourth-order valence-corrected chi connectivity index (χ4v) is 3.75. The maximum atomic E-state index is 11.2. The lowest BCUT2D eigenvalue weighted by molar-refractivity contribution is -0.0793. The number of hydrogen-bond donors (Lipinski definition) is 0. The minimum atomic E-state index is -1.07. The van der Waals surface area contributed by atoms with Crippen LogP contribution in [-0.4, -0.2) is 20.5 Å². The lowest BCUT2D eigenvalue weighted by Crippen LogP contribution is -2.00. The number of carbonyl (C=O) groups excluding carboxylic acids is 1. The number of carbonyl (C=O) groups is 1. The van der Waals surface area contributed by atoms with Crippen LogP contribution in [0.15, 0.2) is 104 Å². The van der Waals surface area contributed by atoms with E-state index in [0.29, 0.717) is 5.92 Å². The van der Waals surface area contributed by atoms with Gasteiger partial charge in [0, 0.05) is 34.4 Å². The summed E-state index contributed by atoms with van der Waals surface area (Å²) in [5.74, 6) is 0.363. The van der Waals surface area contributed by atoms with Crippen molar-refractivity contribution in [2.75, 3.05) is 0 Å². The Kier molecular flexibility index (Phi) is 7.08. The first-order valence-corrected chi connectivity index (χ1v) is 10.9. The Morgan fingerprint density at radius 3 is 2.18 bits per heavy atom. The second-order valence-corrected chi connectivity index (χ2v) is 7.98. The fraction of sp³-hybridized carbons (Fsp3) is 0.107. The molecule has 0 amide bonds. The second-order valence-electron chi connectivity index (χ2n) is 7.98. The van der Waals surface area contributed by atoms with Gasteiger partial charge in [-0.1, -0.05) is 68.4 Å². The van der Waals surface area contributed by atoms with Crippen LogP contribution >= 0.6 is 0 Å². The van der Waals surface area contributed by atoms with E-state index in [0.717, 1.165) is 11.5 Å². The van der Waals surface area contributed by atoms with Crippen molar-refractivity contribution in [3.05, 3.63) is 115 Å². The summed E-state index contributed by atoms with van der Waals surface area (Å²) in [5.41, 5.74) is 3.63. The maximum Gasteiger partial charge on any atom is 0.397 e. The van der Waals surface area contributed by atoms with Crippen molar-refractivity contribution in [3.63, 3.8) is 0 Å². The van der Waals surface area contributed by atoms with E-state index in [1.54, 1.807) is 12.1 Å². The van der Waals surface area contributed by atoms with E-state index in [9.17, 15) is 9.32 Å². The summed E-state index contributed by atoms with van der Waals surface area (Å²) >= 11 is 0. The molecule has 0 radical (unpaired) electrons. The van der Waals surface area contributed by atoms with E-state index in [1.165, 1.54) is 34.2 Å². The lowest BCUT2D eigenvalue weighted by atomic mass is 9.93. The highest BCUT2D eigenvalue weighted by Gasteiger charge is 2.15. The molecule has 3 aromatic carbocycles. The van der Waals surface area contributed by atoms with Gasteiger partial charge in [0.1, 0.15) is 5.82 Å². The van der Waals surface area contributed by atoms with Crippen LogP contribution in [0.5, 0.6) is 0 Å². The van der Waals surface area contributed by atoms with Crippen LogP contribution in [0.2, 0.25) is 0 Å². The zero-order chi connectivity index (χ0) is 23.9. The molecule has 0 fully saturated rings. The molecule has 0 aliphatic carbocycles. The first-order chi connectivity index (χ1) is 16.6. The SMILES string of the molecule is CC(C)c1cc2ccccc2cc1-c1nccn1-c1ccccc1.O=C(OF)c1ccccn1. The van der Waals surface area contributed by atoms with Crippen molar-refractivity contribution in [3.8, 4) is 17.1 Å². The average molecular weight is 454 g/mol. The zero-order valence-electron chi connectivity index (χ0n) is 18.9. The number of halogens is 1. The van der Waals surface area contributed by atoms with E-state index in [1.807, 2.05) is 18.5 Å². The smallest absolute Gasteiger partial charge is 0.300 e. The molecule has 0 aliphatic heterocycles. The lowest BCUT2D eigenvalue weighted by Gasteiger charge is -2.16. The molecule has 0 atom stereocenters. The molecule has 0 spiro atoms. The first-order valence-electron chi connectivity index (χ1n) is 10.9. The van der Waals surface area contributed by atoms with Crippen LogP contribution in [0.4, 0.5) is 4.53 Å². The molecule has 0 aliphatic rings. The standard InChI is InChI=1S/C22H20N2.C6H4FNO2/c1-16(2)20-14-17-8-6-7-9-18(17)15-21(20)22-23-12-13-24(22)19-10-4-3-5-11-19;7-10-6(9)5-3-1-2-4-8-5/h3-16H,1-2H3;1-4H. The largest absolute Gasteiger partial charge is 0.397 e. The van der Waals surface area contributed by atoms with Crippen molar-refractivity contribution in [2.24, 2.45) is 0 Å². The van der Waals surface area contributed by atoms with Gasteiger partial charge in [-0.05, 0) is 52.6 Å². The van der Waals surface area contributed by atoms with Crippen LogP contribution in [0.25, 0.3) is 27.8 Å². The fourth-order valence-electron chi connectivity index (χ4n) is 3.75. The number of hydrogen-bond acceptors (Lipinski definition) is 4. The third-order valence-corrected chi connectivity index (χ3v) is 5.40. The van der Waals surface area contributed by atoms with Gasteiger partial charge in [0.15, 0.2) is 5.69 Å². The Morgan fingerprint density at radius 1 is 0.853 bits per heavy atom. The quantitative estimate of drug-likeness (QED) is 0.296. The molecule has 5 rings (SSSR count). The molecular formula is C28H24FN3O2. The number of para-hydroxylation sites is 1. The third-order valence-electron chi connectivity index (χ3n) is 5.40. The number of nitrogens with zero attached hydrogens (tertiary/aromatic N) is 3. The molecular weight excluding hydrogens is 429 g/mol. The number of aromatic nitrogens is 3. The summed E-state index contributed by atoms with van der Waals surface area (Å²) < 4.78 is 13.3. The molecule has 5 nitrogen and oxygen atoms in total. The van der Waals surface area contributed by atoms with Crippen LogP contribution in [0.1, 0.15) is 35.8 Å². The van der Waals surface area contributed by atoms with Gasteiger partial charge in [0.25, 0.3) is 0 Å². The van der Waals surface area contributed by atoms with Crippen LogP contribution in [0.3, 0.4) is 0 Å². The average Bonchev–Trinajstić information content (AvgIpc) is 3.39. The van der Waals surface area contributed by atoms with Crippen molar-refractivity contribution >= 4 is 16.7 Å². The van der Waals surface area contributed by atoms with E-state index in [2.05, 4.69) is 94.0 Å². The minimum absolute atomic E-state index is 0.0370. The summed E-state index contributed by atoms with van der Waals surface area (Å²) in [5, 5.41) is 2.53. The van der Waals surface area contributed by atoms with E-state index >= 15 is 0 Å². The molecule has 5 aromatic rings. The summed E-state index contributed by atoms with van der Waals surface area (Å²) in [6, 6.07) is 28.0. The Morgan fingerprint density at radius 2 is 1.53 bits per heavy atom.